The Hall–Kier alpha value is -1.39. The van der Waals surface area contributed by atoms with Gasteiger partial charge < -0.3 is 5.11 Å². The van der Waals surface area contributed by atoms with E-state index in [1.54, 1.807) is 29.2 Å². The van der Waals surface area contributed by atoms with Crippen molar-refractivity contribution in [2.45, 2.75) is 12.6 Å². The first-order chi connectivity index (χ1) is 7.27. The van der Waals surface area contributed by atoms with Crippen LogP contribution in [0.5, 0.6) is 0 Å². The van der Waals surface area contributed by atoms with Gasteiger partial charge >= 0.3 is 0 Å². The molecule has 0 fully saturated rings. The van der Waals surface area contributed by atoms with Gasteiger partial charge in [0.05, 0.1) is 12.7 Å². The summed E-state index contributed by atoms with van der Waals surface area (Å²) in [6, 6.07) is 7.21. The van der Waals surface area contributed by atoms with Crippen molar-refractivity contribution < 1.29 is 5.11 Å². The highest BCUT2D eigenvalue weighted by molar-refractivity contribution is 6.31. The van der Waals surface area contributed by atoms with Crippen LogP contribution in [0.2, 0.25) is 5.02 Å². The van der Waals surface area contributed by atoms with E-state index in [1.807, 2.05) is 12.1 Å². The Bertz CT molecular complexity index is 430. The largest absolute Gasteiger partial charge is 0.386 e. The lowest BCUT2D eigenvalue weighted by atomic mass is 10.1. The molecule has 0 saturated heterocycles. The summed E-state index contributed by atoms with van der Waals surface area (Å²) in [4.78, 5) is 0. The molecule has 1 heterocycles. The van der Waals surface area contributed by atoms with Crippen LogP contribution >= 0.6 is 11.6 Å². The molecular weight excluding hydrogens is 214 g/mol. The van der Waals surface area contributed by atoms with Gasteiger partial charge in [0.1, 0.15) is 6.10 Å². The van der Waals surface area contributed by atoms with Crippen LogP contribution in [0.4, 0.5) is 0 Å². The number of benzene rings is 1. The molecule has 2 rings (SSSR count). The molecular formula is C10H10ClN3O. The molecule has 1 aromatic heterocycles. The normalized spacial score (nSPS) is 12.7. The first-order valence-corrected chi connectivity index (χ1v) is 4.92. The first kappa shape index (κ1) is 10.1. The Morgan fingerprint density at radius 1 is 1.40 bits per heavy atom. The van der Waals surface area contributed by atoms with E-state index in [2.05, 4.69) is 10.3 Å². The van der Waals surface area contributed by atoms with Crippen LogP contribution in [0, 0.1) is 0 Å². The summed E-state index contributed by atoms with van der Waals surface area (Å²) in [5, 5.41) is 17.9. The van der Waals surface area contributed by atoms with Crippen LogP contribution in [0.3, 0.4) is 0 Å². The van der Waals surface area contributed by atoms with Crippen molar-refractivity contribution in [2.24, 2.45) is 0 Å². The van der Waals surface area contributed by atoms with Gasteiger partial charge in [-0.2, -0.15) is 0 Å². The van der Waals surface area contributed by atoms with Crippen molar-refractivity contribution in [1.29, 1.82) is 0 Å². The number of aromatic nitrogens is 3. The number of hydrogen-bond acceptors (Lipinski definition) is 3. The molecule has 0 spiro atoms. The molecule has 0 aliphatic rings. The highest BCUT2D eigenvalue weighted by atomic mass is 35.5. The monoisotopic (exact) mass is 223 g/mol. The van der Waals surface area contributed by atoms with E-state index in [0.717, 1.165) is 0 Å². The van der Waals surface area contributed by atoms with Crippen molar-refractivity contribution in [3.8, 4) is 0 Å². The number of halogens is 1. The standard InChI is InChI=1S/C10H10ClN3O/c11-9-4-2-1-3-8(9)10(15)7-14-6-5-12-13-14/h1-6,10,15H,7H2/t10-/m0/s1. The number of rotatable bonds is 3. The second-order valence-electron chi connectivity index (χ2n) is 3.16. The number of aliphatic hydroxyl groups excluding tert-OH is 1. The Kier molecular flexibility index (Phi) is 2.99. The van der Waals surface area contributed by atoms with Crippen LogP contribution < -0.4 is 0 Å². The van der Waals surface area contributed by atoms with Gasteiger partial charge in [0.15, 0.2) is 0 Å². The lowest BCUT2D eigenvalue weighted by Gasteiger charge is -2.11. The summed E-state index contributed by atoms with van der Waals surface area (Å²) >= 11 is 5.95. The summed E-state index contributed by atoms with van der Waals surface area (Å²) in [6.07, 6.45) is 2.60. The molecule has 0 aliphatic heterocycles. The fourth-order valence-corrected chi connectivity index (χ4v) is 1.61. The van der Waals surface area contributed by atoms with E-state index in [4.69, 9.17) is 11.6 Å². The van der Waals surface area contributed by atoms with Crippen LogP contribution in [0.25, 0.3) is 0 Å². The summed E-state index contributed by atoms with van der Waals surface area (Å²) in [6.45, 7) is 0.351. The third-order valence-corrected chi connectivity index (χ3v) is 2.44. The van der Waals surface area contributed by atoms with Gasteiger partial charge in [-0.15, -0.1) is 5.10 Å². The molecule has 1 atom stereocenters. The summed E-state index contributed by atoms with van der Waals surface area (Å²) in [5.41, 5.74) is 0.703. The van der Waals surface area contributed by atoms with Crippen LogP contribution in [0.15, 0.2) is 36.7 Å². The van der Waals surface area contributed by atoms with Crippen molar-refractivity contribution in [2.75, 3.05) is 0 Å². The average molecular weight is 224 g/mol. The minimum atomic E-state index is -0.666. The summed E-state index contributed by atoms with van der Waals surface area (Å²) in [5.74, 6) is 0. The Morgan fingerprint density at radius 3 is 2.87 bits per heavy atom. The molecule has 15 heavy (non-hydrogen) atoms. The highest BCUT2D eigenvalue weighted by Crippen LogP contribution is 2.23. The van der Waals surface area contributed by atoms with Crippen molar-refractivity contribution in [3.63, 3.8) is 0 Å². The molecule has 78 valence electrons. The maximum atomic E-state index is 9.90. The smallest absolute Gasteiger partial charge is 0.100 e. The molecule has 0 unspecified atom stereocenters. The molecule has 0 amide bonds. The molecule has 0 saturated carbocycles. The van der Waals surface area contributed by atoms with E-state index in [0.29, 0.717) is 17.1 Å². The van der Waals surface area contributed by atoms with Gasteiger partial charge in [0, 0.05) is 16.8 Å². The first-order valence-electron chi connectivity index (χ1n) is 4.54. The summed E-state index contributed by atoms with van der Waals surface area (Å²) < 4.78 is 1.56. The maximum absolute atomic E-state index is 9.90. The number of hydrogen-bond donors (Lipinski definition) is 1. The second-order valence-corrected chi connectivity index (χ2v) is 3.57. The van der Waals surface area contributed by atoms with Gasteiger partial charge in [-0.05, 0) is 6.07 Å². The minimum Gasteiger partial charge on any atom is -0.386 e. The number of nitrogens with zero attached hydrogens (tertiary/aromatic N) is 3. The van der Waals surface area contributed by atoms with E-state index < -0.39 is 6.10 Å². The van der Waals surface area contributed by atoms with E-state index >= 15 is 0 Å². The topological polar surface area (TPSA) is 50.9 Å². The minimum absolute atomic E-state index is 0.351. The van der Waals surface area contributed by atoms with Crippen LogP contribution in [0.1, 0.15) is 11.7 Å². The van der Waals surface area contributed by atoms with E-state index in [-0.39, 0.29) is 0 Å². The molecule has 2 aromatic rings. The van der Waals surface area contributed by atoms with Gasteiger partial charge in [-0.1, -0.05) is 35.0 Å². The van der Waals surface area contributed by atoms with Crippen molar-refractivity contribution in [3.05, 3.63) is 47.2 Å². The zero-order chi connectivity index (χ0) is 10.7. The average Bonchev–Trinajstić information content (AvgIpc) is 2.71. The molecule has 0 bridgehead atoms. The van der Waals surface area contributed by atoms with E-state index in [1.165, 1.54) is 0 Å². The lowest BCUT2D eigenvalue weighted by molar-refractivity contribution is 0.150. The predicted octanol–water partition coefficient (Wildman–Crippen LogP) is 1.67. The second kappa shape index (κ2) is 4.42. The molecule has 4 nitrogen and oxygen atoms in total. The van der Waals surface area contributed by atoms with Gasteiger partial charge in [-0.3, -0.25) is 0 Å². The predicted molar refractivity (Wildman–Crippen MR) is 56.4 cm³/mol. The van der Waals surface area contributed by atoms with Gasteiger partial charge in [-0.25, -0.2) is 4.68 Å². The molecule has 1 aromatic carbocycles. The van der Waals surface area contributed by atoms with Crippen molar-refractivity contribution in [1.82, 2.24) is 15.0 Å². The molecule has 0 radical (unpaired) electrons. The summed E-state index contributed by atoms with van der Waals surface area (Å²) in [7, 11) is 0. The zero-order valence-electron chi connectivity index (χ0n) is 7.92. The third-order valence-electron chi connectivity index (χ3n) is 2.10. The Labute approximate surface area is 92.1 Å². The lowest BCUT2D eigenvalue weighted by Crippen LogP contribution is -2.09. The maximum Gasteiger partial charge on any atom is 0.100 e. The molecule has 5 heteroatoms. The van der Waals surface area contributed by atoms with Crippen LogP contribution in [-0.2, 0) is 6.54 Å². The van der Waals surface area contributed by atoms with Gasteiger partial charge in [0.25, 0.3) is 0 Å². The Balaban J connectivity index is 2.15. The molecule has 1 N–H and O–H groups in total. The quantitative estimate of drug-likeness (QED) is 0.861. The number of aliphatic hydroxyl groups is 1. The van der Waals surface area contributed by atoms with Crippen molar-refractivity contribution >= 4 is 11.6 Å². The third kappa shape index (κ3) is 2.34. The van der Waals surface area contributed by atoms with Crippen LogP contribution in [-0.4, -0.2) is 20.1 Å². The fraction of sp³-hybridized carbons (Fsp3) is 0.200. The zero-order valence-corrected chi connectivity index (χ0v) is 8.67. The Morgan fingerprint density at radius 2 is 2.20 bits per heavy atom. The SMILES string of the molecule is O[C@@H](Cn1ccnn1)c1ccccc1Cl. The fourth-order valence-electron chi connectivity index (χ4n) is 1.35. The van der Waals surface area contributed by atoms with Gasteiger partial charge in [0.2, 0.25) is 0 Å². The van der Waals surface area contributed by atoms with E-state index in [9.17, 15) is 5.11 Å². The highest BCUT2D eigenvalue weighted by Gasteiger charge is 2.11. The molecule has 0 aliphatic carbocycles.